The van der Waals surface area contributed by atoms with E-state index in [4.69, 9.17) is 4.74 Å². The van der Waals surface area contributed by atoms with Crippen LogP contribution in [-0.2, 0) is 16.1 Å². The predicted octanol–water partition coefficient (Wildman–Crippen LogP) is -0.650. The maximum atomic E-state index is 12.5. The van der Waals surface area contributed by atoms with Gasteiger partial charge in [-0.05, 0) is 42.7 Å². The van der Waals surface area contributed by atoms with Gasteiger partial charge < -0.3 is 25.2 Å². The first-order chi connectivity index (χ1) is 14.9. The summed E-state index contributed by atoms with van der Waals surface area (Å²) in [5, 5.41) is 6.06. The molecule has 0 bridgehead atoms. The summed E-state index contributed by atoms with van der Waals surface area (Å²) < 4.78 is 5.22. The molecule has 0 atom stereocenters. The number of para-hydroxylation sites is 1. The van der Waals surface area contributed by atoms with E-state index in [9.17, 15) is 9.59 Å². The highest BCUT2D eigenvalue weighted by atomic mass is 16.5. The number of rotatable bonds is 8. The Morgan fingerprint density at radius 2 is 1.48 bits per heavy atom. The van der Waals surface area contributed by atoms with Crippen molar-refractivity contribution in [2.75, 3.05) is 51.7 Å². The number of piperazine rings is 1. The Bertz CT molecular complexity index is 887. The van der Waals surface area contributed by atoms with Gasteiger partial charge >= 0.3 is 0 Å². The van der Waals surface area contributed by atoms with Gasteiger partial charge in [-0.15, -0.1) is 0 Å². The Kier molecular flexibility index (Phi) is 8.03. The predicted molar refractivity (Wildman–Crippen MR) is 121 cm³/mol. The number of benzene rings is 2. The zero-order valence-corrected chi connectivity index (χ0v) is 18.7. The average molecular weight is 427 g/mol. The Morgan fingerprint density at radius 1 is 0.903 bits per heavy atom. The molecule has 0 aromatic heterocycles. The van der Waals surface area contributed by atoms with E-state index in [1.165, 1.54) is 9.80 Å². The fourth-order valence-electron chi connectivity index (χ4n) is 4.01. The van der Waals surface area contributed by atoms with Crippen LogP contribution in [0.3, 0.4) is 0 Å². The molecule has 1 aliphatic rings. The van der Waals surface area contributed by atoms with Gasteiger partial charge in [0.05, 0.1) is 7.11 Å². The molecule has 4 N–H and O–H groups in total. The number of carbonyl (C=O) groups is 2. The number of aryl methyl sites for hydroxylation is 2. The number of hydrogen-bond donors (Lipinski definition) is 4. The normalized spacial score (nSPS) is 18.3. The summed E-state index contributed by atoms with van der Waals surface area (Å²) in [6.07, 6.45) is 0. The second-order valence-electron chi connectivity index (χ2n) is 8.30. The molecule has 3 rings (SSSR count). The van der Waals surface area contributed by atoms with Crippen molar-refractivity contribution in [2.24, 2.45) is 0 Å². The van der Waals surface area contributed by atoms with E-state index in [1.807, 2.05) is 56.3 Å². The van der Waals surface area contributed by atoms with Gasteiger partial charge in [-0.2, -0.15) is 0 Å². The molecule has 31 heavy (non-hydrogen) atoms. The van der Waals surface area contributed by atoms with Crippen LogP contribution in [-0.4, -0.2) is 58.2 Å². The standard InChI is InChI=1S/C24H32N4O3/c1-18-6-4-7-19(2)24(18)26-23(30)17-28-12-10-27(11-13-28)16-22(29)25-15-20-8-5-9-21(14-20)31-3/h4-9,14H,10-13,15-17H2,1-3H3,(H,25,29)(H,26,30)/p+2. The van der Waals surface area contributed by atoms with Gasteiger partial charge in [-0.3, -0.25) is 9.59 Å². The lowest BCUT2D eigenvalue weighted by molar-refractivity contribution is -1.00. The van der Waals surface area contributed by atoms with Crippen LogP contribution in [0.2, 0.25) is 0 Å². The molecule has 1 fully saturated rings. The summed E-state index contributed by atoms with van der Waals surface area (Å²) >= 11 is 0. The number of nitrogens with one attached hydrogen (secondary N) is 4. The van der Waals surface area contributed by atoms with Crippen LogP contribution in [0.1, 0.15) is 16.7 Å². The van der Waals surface area contributed by atoms with Gasteiger partial charge in [0.1, 0.15) is 31.9 Å². The van der Waals surface area contributed by atoms with Crippen LogP contribution in [0.15, 0.2) is 42.5 Å². The third-order valence-electron chi connectivity index (χ3n) is 5.85. The quantitative estimate of drug-likeness (QED) is 0.453. The first-order valence-electron chi connectivity index (χ1n) is 10.9. The lowest BCUT2D eigenvalue weighted by Crippen LogP contribution is -3.28. The number of anilines is 1. The molecule has 2 aromatic carbocycles. The molecule has 166 valence electrons. The molecular formula is C24H34N4O3+2. The van der Waals surface area contributed by atoms with Gasteiger partial charge in [0.2, 0.25) is 0 Å². The molecule has 7 nitrogen and oxygen atoms in total. The van der Waals surface area contributed by atoms with Crippen LogP contribution >= 0.6 is 0 Å². The summed E-state index contributed by atoms with van der Waals surface area (Å²) in [5.74, 6) is 0.888. The Morgan fingerprint density at radius 3 is 2.10 bits per heavy atom. The highest BCUT2D eigenvalue weighted by molar-refractivity contribution is 5.93. The summed E-state index contributed by atoms with van der Waals surface area (Å²) in [4.78, 5) is 27.4. The summed E-state index contributed by atoms with van der Waals surface area (Å²) in [6, 6.07) is 13.7. The molecule has 2 amide bonds. The molecule has 0 unspecified atom stereocenters. The molecule has 0 radical (unpaired) electrons. The minimum Gasteiger partial charge on any atom is -0.497 e. The molecule has 0 aliphatic carbocycles. The SMILES string of the molecule is COc1cccc(CNC(=O)C[NH+]2CC[NH+](CC(=O)Nc3c(C)cccc3C)CC2)c1. The molecule has 1 saturated heterocycles. The zero-order chi connectivity index (χ0) is 22.2. The number of methoxy groups -OCH3 is 1. The second-order valence-corrected chi connectivity index (χ2v) is 8.30. The van der Waals surface area contributed by atoms with Crippen molar-refractivity contribution in [1.82, 2.24) is 5.32 Å². The lowest BCUT2D eigenvalue weighted by atomic mass is 10.1. The average Bonchev–Trinajstić information content (AvgIpc) is 2.76. The highest BCUT2D eigenvalue weighted by Gasteiger charge is 2.26. The Hall–Kier alpha value is -2.90. The number of ether oxygens (including phenoxy) is 1. The van der Waals surface area contributed by atoms with Crippen molar-refractivity contribution in [2.45, 2.75) is 20.4 Å². The molecule has 7 heteroatoms. The van der Waals surface area contributed by atoms with E-state index in [0.717, 1.165) is 54.3 Å². The minimum atomic E-state index is 0.0480. The Labute approximate surface area is 184 Å². The van der Waals surface area contributed by atoms with Crippen molar-refractivity contribution < 1.29 is 24.1 Å². The van der Waals surface area contributed by atoms with Gasteiger partial charge in [0.25, 0.3) is 11.8 Å². The van der Waals surface area contributed by atoms with Gasteiger partial charge in [-0.1, -0.05) is 30.3 Å². The van der Waals surface area contributed by atoms with Crippen molar-refractivity contribution >= 4 is 17.5 Å². The van der Waals surface area contributed by atoms with Gasteiger partial charge in [0, 0.05) is 12.2 Å². The van der Waals surface area contributed by atoms with Gasteiger partial charge in [-0.25, -0.2) is 0 Å². The van der Waals surface area contributed by atoms with Crippen molar-refractivity contribution in [3.05, 3.63) is 59.2 Å². The van der Waals surface area contributed by atoms with Crippen LogP contribution in [0.4, 0.5) is 5.69 Å². The van der Waals surface area contributed by atoms with E-state index in [1.54, 1.807) is 7.11 Å². The monoisotopic (exact) mass is 426 g/mol. The van der Waals surface area contributed by atoms with Crippen LogP contribution in [0, 0.1) is 13.8 Å². The maximum Gasteiger partial charge on any atom is 0.279 e. The van der Waals surface area contributed by atoms with Crippen LogP contribution in [0.5, 0.6) is 5.75 Å². The smallest absolute Gasteiger partial charge is 0.279 e. The summed E-state index contributed by atoms with van der Waals surface area (Å²) in [5.41, 5.74) is 4.10. The van der Waals surface area contributed by atoms with E-state index < -0.39 is 0 Å². The lowest BCUT2D eigenvalue weighted by Gasteiger charge is -2.29. The fourth-order valence-corrected chi connectivity index (χ4v) is 4.01. The largest absolute Gasteiger partial charge is 0.497 e. The summed E-state index contributed by atoms with van der Waals surface area (Å²) in [6.45, 7) is 9.00. The minimum absolute atomic E-state index is 0.0480. The molecule has 0 spiro atoms. The third kappa shape index (κ3) is 6.80. The Balaban J connectivity index is 1.38. The maximum absolute atomic E-state index is 12.5. The fraction of sp³-hybridized carbons (Fsp3) is 0.417. The molecule has 2 aromatic rings. The number of quaternary nitrogens is 2. The highest BCUT2D eigenvalue weighted by Crippen LogP contribution is 2.18. The van der Waals surface area contributed by atoms with Crippen molar-refractivity contribution in [3.63, 3.8) is 0 Å². The van der Waals surface area contributed by atoms with E-state index in [2.05, 4.69) is 10.6 Å². The molecule has 0 saturated carbocycles. The molecule has 1 heterocycles. The second kappa shape index (κ2) is 10.9. The topological polar surface area (TPSA) is 76.3 Å². The van der Waals surface area contributed by atoms with Crippen molar-refractivity contribution in [3.8, 4) is 5.75 Å². The first-order valence-corrected chi connectivity index (χ1v) is 10.9. The molecule has 1 aliphatic heterocycles. The van der Waals surface area contributed by atoms with Crippen LogP contribution in [0.25, 0.3) is 0 Å². The van der Waals surface area contributed by atoms with E-state index in [-0.39, 0.29) is 11.8 Å². The van der Waals surface area contributed by atoms with Crippen molar-refractivity contribution in [1.29, 1.82) is 0 Å². The summed E-state index contributed by atoms with van der Waals surface area (Å²) in [7, 11) is 1.63. The van der Waals surface area contributed by atoms with E-state index in [0.29, 0.717) is 19.6 Å². The zero-order valence-electron chi connectivity index (χ0n) is 18.7. The number of amides is 2. The van der Waals surface area contributed by atoms with Gasteiger partial charge in [0.15, 0.2) is 13.1 Å². The van der Waals surface area contributed by atoms with E-state index >= 15 is 0 Å². The third-order valence-corrected chi connectivity index (χ3v) is 5.85. The first kappa shape index (κ1) is 22.8. The number of hydrogen-bond acceptors (Lipinski definition) is 3. The van der Waals surface area contributed by atoms with Crippen LogP contribution < -0.4 is 25.2 Å². The number of carbonyl (C=O) groups excluding carboxylic acids is 2. The molecular weight excluding hydrogens is 392 g/mol.